The van der Waals surface area contributed by atoms with Crippen LogP contribution in [0.2, 0.25) is 0 Å². The third-order valence-corrected chi connectivity index (χ3v) is 4.25. The number of anilines is 4. The number of carboxylic acid groups (broad SMARTS) is 2. The fraction of sp³-hybridized carbons (Fsp3) is 0. The maximum Gasteiger partial charge on any atom is 0.337 e. The molecule has 10 heteroatoms. The maximum atomic E-state index is 11.8. The van der Waals surface area contributed by atoms with Crippen LogP contribution in [0.15, 0.2) is 60.7 Å². The highest BCUT2D eigenvalue weighted by atomic mass is 16.5. The third-order valence-electron chi connectivity index (χ3n) is 4.25. The molecule has 0 amide bonds. The van der Waals surface area contributed by atoms with E-state index in [1.807, 2.05) is 0 Å². The van der Waals surface area contributed by atoms with E-state index in [0.717, 1.165) is 0 Å². The zero-order valence-corrected chi connectivity index (χ0v) is 16.3. The molecule has 0 aromatic heterocycles. The Morgan fingerprint density at radius 2 is 1.28 bits per heavy atom. The normalized spacial score (nSPS) is 10.0. The van der Waals surface area contributed by atoms with Crippen LogP contribution >= 0.6 is 0 Å². The molecule has 0 fully saturated rings. The topological polar surface area (TPSA) is 151 Å². The first-order valence-electron chi connectivity index (χ1n) is 9.00. The van der Waals surface area contributed by atoms with E-state index in [9.17, 15) is 24.3 Å². The molecule has 0 spiro atoms. The second kappa shape index (κ2) is 9.76. The van der Waals surface area contributed by atoms with Crippen LogP contribution in [0, 0.1) is 0 Å². The molecule has 3 aromatic carbocycles. The second-order valence-corrected chi connectivity index (χ2v) is 6.28. The van der Waals surface area contributed by atoms with Crippen molar-refractivity contribution >= 4 is 47.6 Å². The number of hydrogen-bond acceptors (Lipinski definition) is 8. The summed E-state index contributed by atoms with van der Waals surface area (Å²) in [7, 11) is 0. The molecule has 0 atom stereocenters. The molecule has 4 N–H and O–H groups in total. The summed E-state index contributed by atoms with van der Waals surface area (Å²) < 4.78 is 9.73. The summed E-state index contributed by atoms with van der Waals surface area (Å²) >= 11 is 0. The highest BCUT2D eigenvalue weighted by Gasteiger charge is 2.17. The van der Waals surface area contributed by atoms with Gasteiger partial charge in [0.05, 0.1) is 22.5 Å². The molecule has 0 heterocycles. The van der Waals surface area contributed by atoms with Crippen LogP contribution in [-0.4, -0.2) is 35.1 Å². The lowest BCUT2D eigenvalue weighted by molar-refractivity contribution is -0.121. The van der Waals surface area contributed by atoms with Crippen molar-refractivity contribution in [2.45, 2.75) is 0 Å². The summed E-state index contributed by atoms with van der Waals surface area (Å²) in [4.78, 5) is 44.2. The van der Waals surface area contributed by atoms with Crippen LogP contribution in [0.5, 0.6) is 11.5 Å². The number of carboxylic acids is 2. The lowest BCUT2D eigenvalue weighted by atomic mass is 10.1. The molecule has 32 heavy (non-hydrogen) atoms. The molecule has 0 unspecified atom stereocenters. The van der Waals surface area contributed by atoms with E-state index in [1.165, 1.54) is 48.5 Å². The van der Waals surface area contributed by atoms with Crippen molar-refractivity contribution in [1.82, 2.24) is 0 Å². The molecule has 0 saturated carbocycles. The first-order valence-corrected chi connectivity index (χ1v) is 9.00. The molecule has 0 saturated heterocycles. The standard InChI is InChI=1S/C22H16N2O8/c25-11-31-16-7-5-15(6-8-16)24-19-9-17(22(29)30)18(10-20(19)32-12-26)23-14-3-1-13(2-4-14)21(27)28/h1-12,23-24H,(H,27,28)(H,29,30). The average molecular weight is 436 g/mol. The minimum Gasteiger partial charge on any atom is -0.478 e. The summed E-state index contributed by atoms with van der Waals surface area (Å²) in [5, 5.41) is 24.5. The van der Waals surface area contributed by atoms with E-state index in [4.69, 9.17) is 14.6 Å². The molecule has 162 valence electrons. The van der Waals surface area contributed by atoms with E-state index in [-0.39, 0.29) is 34.7 Å². The predicted octanol–water partition coefficient (Wildman–Crippen LogP) is 3.64. The van der Waals surface area contributed by atoms with Gasteiger partial charge in [0.2, 0.25) is 0 Å². The summed E-state index contributed by atoms with van der Waals surface area (Å²) in [5.41, 5.74) is 1.21. The number of benzene rings is 3. The van der Waals surface area contributed by atoms with Gasteiger partial charge in [-0.05, 0) is 54.6 Å². The Kier molecular flexibility index (Phi) is 6.66. The van der Waals surface area contributed by atoms with Crippen molar-refractivity contribution in [3.8, 4) is 11.5 Å². The number of aromatic carboxylic acids is 2. The first kappa shape index (κ1) is 21.8. The molecule has 0 radical (unpaired) electrons. The number of nitrogens with one attached hydrogen (secondary N) is 2. The minimum atomic E-state index is -1.25. The van der Waals surface area contributed by atoms with E-state index in [1.54, 1.807) is 12.1 Å². The Morgan fingerprint density at radius 1 is 0.719 bits per heavy atom. The van der Waals surface area contributed by atoms with Crippen molar-refractivity contribution in [3.63, 3.8) is 0 Å². The van der Waals surface area contributed by atoms with Crippen molar-refractivity contribution in [1.29, 1.82) is 0 Å². The molecule has 0 aliphatic carbocycles. The summed E-state index contributed by atoms with van der Waals surface area (Å²) in [5.74, 6) is -1.98. The fourth-order valence-electron chi connectivity index (χ4n) is 2.79. The Balaban J connectivity index is 1.95. The van der Waals surface area contributed by atoms with Gasteiger partial charge in [-0.3, -0.25) is 9.59 Å². The van der Waals surface area contributed by atoms with Gasteiger partial charge in [0.1, 0.15) is 5.75 Å². The van der Waals surface area contributed by atoms with Crippen LogP contribution in [0.4, 0.5) is 22.7 Å². The van der Waals surface area contributed by atoms with Crippen LogP contribution < -0.4 is 20.1 Å². The number of rotatable bonds is 10. The van der Waals surface area contributed by atoms with Gasteiger partial charge >= 0.3 is 11.9 Å². The van der Waals surface area contributed by atoms with Gasteiger partial charge in [0, 0.05) is 17.4 Å². The van der Waals surface area contributed by atoms with Gasteiger partial charge < -0.3 is 30.3 Å². The van der Waals surface area contributed by atoms with E-state index in [0.29, 0.717) is 23.6 Å². The van der Waals surface area contributed by atoms with Crippen molar-refractivity contribution < 1.29 is 38.9 Å². The van der Waals surface area contributed by atoms with Crippen LogP contribution in [0.25, 0.3) is 0 Å². The SMILES string of the molecule is O=COc1ccc(Nc2cc(C(=O)O)c(Nc3ccc(C(=O)O)cc3)cc2OC=O)cc1. The van der Waals surface area contributed by atoms with E-state index in [2.05, 4.69) is 10.6 Å². The number of carbonyl (C=O) groups excluding carboxylic acids is 2. The highest BCUT2D eigenvalue weighted by Crippen LogP contribution is 2.35. The summed E-state index contributed by atoms with van der Waals surface area (Å²) in [6.07, 6.45) is 0. The fourth-order valence-corrected chi connectivity index (χ4v) is 2.79. The van der Waals surface area contributed by atoms with Gasteiger partial charge in [-0.1, -0.05) is 0 Å². The Morgan fingerprint density at radius 3 is 1.81 bits per heavy atom. The molecule has 3 aromatic rings. The molecule has 3 rings (SSSR count). The van der Waals surface area contributed by atoms with Gasteiger partial charge in [-0.2, -0.15) is 0 Å². The van der Waals surface area contributed by atoms with Gasteiger partial charge in [0.25, 0.3) is 12.9 Å². The highest BCUT2D eigenvalue weighted by molar-refractivity contribution is 5.98. The lowest BCUT2D eigenvalue weighted by Crippen LogP contribution is -2.06. The summed E-state index contributed by atoms with van der Waals surface area (Å²) in [6, 6.07) is 14.5. The van der Waals surface area contributed by atoms with Gasteiger partial charge in [-0.25, -0.2) is 9.59 Å². The van der Waals surface area contributed by atoms with Crippen molar-refractivity contribution in [2.24, 2.45) is 0 Å². The first-order chi connectivity index (χ1) is 15.4. The van der Waals surface area contributed by atoms with Crippen LogP contribution in [-0.2, 0) is 9.59 Å². The number of ether oxygens (including phenoxy) is 2. The molecule has 0 bridgehead atoms. The Labute approximate surface area is 181 Å². The maximum absolute atomic E-state index is 11.8. The number of carbonyl (C=O) groups is 4. The van der Waals surface area contributed by atoms with E-state index >= 15 is 0 Å². The second-order valence-electron chi connectivity index (χ2n) is 6.28. The van der Waals surface area contributed by atoms with Gasteiger partial charge in [-0.15, -0.1) is 0 Å². The Bertz CT molecular complexity index is 1160. The number of hydrogen-bond donors (Lipinski definition) is 4. The lowest BCUT2D eigenvalue weighted by Gasteiger charge is -2.16. The average Bonchev–Trinajstić information content (AvgIpc) is 2.77. The molecule has 0 aliphatic rings. The largest absolute Gasteiger partial charge is 0.478 e. The smallest absolute Gasteiger partial charge is 0.337 e. The Hall–Kier alpha value is -4.86. The molecule has 10 nitrogen and oxygen atoms in total. The van der Waals surface area contributed by atoms with Crippen LogP contribution in [0.1, 0.15) is 20.7 Å². The quantitative estimate of drug-likeness (QED) is 0.347. The van der Waals surface area contributed by atoms with Crippen molar-refractivity contribution in [3.05, 3.63) is 71.8 Å². The van der Waals surface area contributed by atoms with Crippen LogP contribution in [0.3, 0.4) is 0 Å². The third kappa shape index (κ3) is 5.19. The summed E-state index contributed by atoms with van der Waals surface area (Å²) in [6.45, 7) is 0.492. The van der Waals surface area contributed by atoms with Crippen molar-refractivity contribution in [2.75, 3.05) is 10.6 Å². The molecular weight excluding hydrogens is 420 g/mol. The van der Waals surface area contributed by atoms with E-state index < -0.39 is 11.9 Å². The zero-order valence-electron chi connectivity index (χ0n) is 16.3. The molecular formula is C22H16N2O8. The molecule has 0 aliphatic heterocycles. The minimum absolute atomic E-state index is 0.0443. The predicted molar refractivity (Wildman–Crippen MR) is 113 cm³/mol. The zero-order chi connectivity index (χ0) is 23.1. The monoisotopic (exact) mass is 436 g/mol. The van der Waals surface area contributed by atoms with Gasteiger partial charge in [0.15, 0.2) is 5.75 Å².